The largest absolute Gasteiger partial charge is 0.370 e. The number of fused-ring (bicyclic) bond motifs is 1. The molecule has 0 spiro atoms. The Labute approximate surface area is 137 Å². The van der Waals surface area contributed by atoms with Crippen LogP contribution in [0.5, 0.6) is 0 Å². The Morgan fingerprint density at radius 3 is 2.78 bits per heavy atom. The van der Waals surface area contributed by atoms with Gasteiger partial charge >= 0.3 is 0 Å². The molecule has 0 saturated carbocycles. The van der Waals surface area contributed by atoms with Crippen LogP contribution in [0.2, 0.25) is 0 Å². The van der Waals surface area contributed by atoms with Gasteiger partial charge in [-0.2, -0.15) is 0 Å². The lowest BCUT2D eigenvalue weighted by Crippen LogP contribution is -3.12. The molecule has 1 aromatic carbocycles. The summed E-state index contributed by atoms with van der Waals surface area (Å²) in [6.07, 6.45) is 0. The van der Waals surface area contributed by atoms with Crippen LogP contribution in [-0.4, -0.2) is 36.3 Å². The van der Waals surface area contributed by atoms with Gasteiger partial charge in [-0.25, -0.2) is 4.98 Å². The van der Waals surface area contributed by atoms with Gasteiger partial charge in [-0.1, -0.05) is 30.3 Å². The topological polar surface area (TPSA) is 59.4 Å². The van der Waals surface area contributed by atoms with Crippen LogP contribution >= 0.6 is 11.3 Å². The van der Waals surface area contributed by atoms with Gasteiger partial charge in [-0.3, -0.25) is 4.79 Å². The molecule has 3 heterocycles. The molecular formula is C17H18N3O2S+. The van der Waals surface area contributed by atoms with Crippen LogP contribution < -0.4 is 10.5 Å². The highest BCUT2D eigenvalue weighted by Gasteiger charge is 2.18. The number of thiophene rings is 1. The third kappa shape index (κ3) is 2.93. The second-order valence-electron chi connectivity index (χ2n) is 5.75. The molecule has 5 nitrogen and oxygen atoms in total. The van der Waals surface area contributed by atoms with E-state index in [9.17, 15) is 4.79 Å². The van der Waals surface area contributed by atoms with Crippen molar-refractivity contribution >= 4 is 21.6 Å². The Hall–Kier alpha value is -2.02. The van der Waals surface area contributed by atoms with Crippen LogP contribution in [0, 0.1) is 0 Å². The van der Waals surface area contributed by atoms with Crippen LogP contribution in [0.1, 0.15) is 5.82 Å². The lowest BCUT2D eigenvalue weighted by Gasteiger charge is -2.23. The number of nitrogens with zero attached hydrogens (tertiary/aromatic N) is 1. The minimum absolute atomic E-state index is 0.0437. The number of hydrogen-bond donors (Lipinski definition) is 2. The maximum atomic E-state index is 12.6. The number of hydrogen-bond acceptors (Lipinski definition) is 4. The number of aromatic amines is 1. The normalized spacial score (nSPS) is 16.0. The van der Waals surface area contributed by atoms with E-state index in [1.54, 1.807) is 0 Å². The Kier molecular flexibility index (Phi) is 3.95. The number of ether oxygens (including phenoxy) is 1. The van der Waals surface area contributed by atoms with Crippen molar-refractivity contribution in [3.63, 3.8) is 0 Å². The smallest absolute Gasteiger partial charge is 0.260 e. The number of H-pyrrole nitrogens is 1. The van der Waals surface area contributed by atoms with Gasteiger partial charge in [0.05, 0.1) is 18.6 Å². The fourth-order valence-corrected chi connectivity index (χ4v) is 3.95. The molecule has 0 amide bonds. The molecule has 0 bridgehead atoms. The number of morpholine rings is 1. The second-order valence-corrected chi connectivity index (χ2v) is 6.61. The van der Waals surface area contributed by atoms with E-state index in [0.29, 0.717) is 5.39 Å². The molecule has 1 aliphatic rings. The molecule has 0 radical (unpaired) electrons. The summed E-state index contributed by atoms with van der Waals surface area (Å²) in [5.41, 5.74) is 1.97. The van der Waals surface area contributed by atoms with Crippen molar-refractivity contribution in [2.24, 2.45) is 0 Å². The monoisotopic (exact) mass is 328 g/mol. The molecule has 1 saturated heterocycles. The third-order valence-electron chi connectivity index (χ3n) is 4.20. The number of aromatic nitrogens is 2. The Morgan fingerprint density at radius 2 is 2.00 bits per heavy atom. The Morgan fingerprint density at radius 1 is 1.22 bits per heavy atom. The zero-order valence-corrected chi connectivity index (χ0v) is 13.5. The molecule has 0 atom stereocenters. The lowest BCUT2D eigenvalue weighted by atomic mass is 10.1. The SMILES string of the molecule is O=c1[nH]c(C[NH+]2CCOCC2)nc2scc(-c3ccccc3)c12. The minimum atomic E-state index is -0.0437. The molecule has 0 aliphatic carbocycles. The van der Waals surface area contributed by atoms with Gasteiger partial charge in [0.25, 0.3) is 5.56 Å². The number of benzene rings is 1. The maximum Gasteiger partial charge on any atom is 0.260 e. The van der Waals surface area contributed by atoms with Gasteiger partial charge < -0.3 is 14.6 Å². The quantitative estimate of drug-likeness (QED) is 0.756. The first-order valence-electron chi connectivity index (χ1n) is 7.78. The van der Waals surface area contributed by atoms with E-state index in [-0.39, 0.29) is 5.56 Å². The number of nitrogens with one attached hydrogen (secondary N) is 2. The standard InChI is InChI=1S/C17H17N3O2S/c21-16-15-13(12-4-2-1-3-5-12)11-23-17(15)19-14(18-16)10-20-6-8-22-9-7-20/h1-5,11H,6-10H2,(H,18,19,21)/p+1. The molecule has 23 heavy (non-hydrogen) atoms. The van der Waals surface area contributed by atoms with Crippen molar-refractivity contribution in [1.29, 1.82) is 0 Å². The van der Waals surface area contributed by atoms with E-state index in [1.165, 1.54) is 16.2 Å². The first-order valence-corrected chi connectivity index (χ1v) is 8.66. The summed E-state index contributed by atoms with van der Waals surface area (Å²) in [5.74, 6) is 0.765. The highest BCUT2D eigenvalue weighted by molar-refractivity contribution is 7.17. The second kappa shape index (κ2) is 6.23. The fourth-order valence-electron chi connectivity index (χ4n) is 2.98. The zero-order chi connectivity index (χ0) is 15.6. The number of rotatable bonds is 3. The van der Waals surface area contributed by atoms with Gasteiger partial charge in [-0.15, -0.1) is 11.3 Å². The molecule has 4 rings (SSSR count). The van der Waals surface area contributed by atoms with Gasteiger partial charge in [0.1, 0.15) is 24.5 Å². The third-order valence-corrected chi connectivity index (χ3v) is 5.07. The maximum absolute atomic E-state index is 12.6. The summed E-state index contributed by atoms with van der Waals surface area (Å²) in [4.78, 5) is 22.4. The minimum Gasteiger partial charge on any atom is -0.370 e. The molecule has 3 aromatic rings. The van der Waals surface area contributed by atoms with Crippen LogP contribution in [0.15, 0.2) is 40.5 Å². The summed E-state index contributed by atoms with van der Waals surface area (Å²) in [6.45, 7) is 4.22. The average molecular weight is 328 g/mol. The van der Waals surface area contributed by atoms with E-state index < -0.39 is 0 Å². The summed E-state index contributed by atoms with van der Waals surface area (Å²) in [7, 11) is 0. The Balaban J connectivity index is 1.71. The fraction of sp³-hybridized carbons (Fsp3) is 0.294. The molecule has 0 unspecified atom stereocenters. The molecule has 118 valence electrons. The van der Waals surface area contributed by atoms with Crippen LogP contribution in [0.3, 0.4) is 0 Å². The Bertz CT molecular complexity index is 866. The van der Waals surface area contributed by atoms with Crippen LogP contribution in [0.25, 0.3) is 21.3 Å². The van der Waals surface area contributed by atoms with Crippen LogP contribution in [-0.2, 0) is 11.3 Å². The van der Waals surface area contributed by atoms with Crippen molar-refractivity contribution in [1.82, 2.24) is 9.97 Å². The van der Waals surface area contributed by atoms with Gasteiger partial charge in [0.2, 0.25) is 0 Å². The van der Waals surface area contributed by atoms with Crippen molar-refractivity contribution in [3.8, 4) is 11.1 Å². The van der Waals surface area contributed by atoms with E-state index in [1.807, 2.05) is 35.7 Å². The van der Waals surface area contributed by atoms with Gasteiger partial charge in [0, 0.05) is 10.9 Å². The van der Waals surface area contributed by atoms with E-state index >= 15 is 0 Å². The molecule has 2 aromatic heterocycles. The molecular weight excluding hydrogens is 310 g/mol. The van der Waals surface area contributed by atoms with Gasteiger partial charge in [0.15, 0.2) is 5.82 Å². The predicted octanol–water partition coefficient (Wildman–Crippen LogP) is 1.07. The lowest BCUT2D eigenvalue weighted by molar-refractivity contribution is -0.922. The summed E-state index contributed by atoms with van der Waals surface area (Å²) in [5, 5.41) is 2.72. The molecule has 6 heteroatoms. The zero-order valence-electron chi connectivity index (χ0n) is 12.7. The summed E-state index contributed by atoms with van der Waals surface area (Å²) >= 11 is 1.53. The van der Waals surface area contributed by atoms with Crippen molar-refractivity contribution in [2.75, 3.05) is 26.3 Å². The van der Waals surface area contributed by atoms with Gasteiger partial charge in [-0.05, 0) is 5.56 Å². The van der Waals surface area contributed by atoms with E-state index in [2.05, 4.69) is 9.97 Å². The first kappa shape index (κ1) is 14.6. The first-order chi connectivity index (χ1) is 11.3. The molecule has 1 fully saturated rings. The summed E-state index contributed by atoms with van der Waals surface area (Å²) < 4.78 is 5.37. The van der Waals surface area contributed by atoms with Crippen molar-refractivity contribution in [2.45, 2.75) is 6.54 Å². The highest BCUT2D eigenvalue weighted by Crippen LogP contribution is 2.30. The van der Waals surface area contributed by atoms with Crippen LogP contribution in [0.4, 0.5) is 0 Å². The van der Waals surface area contributed by atoms with Crippen molar-refractivity contribution < 1.29 is 9.64 Å². The molecule has 2 N–H and O–H groups in total. The average Bonchev–Trinajstić information content (AvgIpc) is 3.01. The highest BCUT2D eigenvalue weighted by atomic mass is 32.1. The van der Waals surface area contributed by atoms with Crippen molar-refractivity contribution in [3.05, 3.63) is 51.9 Å². The molecule has 1 aliphatic heterocycles. The predicted molar refractivity (Wildman–Crippen MR) is 90.9 cm³/mol. The number of quaternary nitrogens is 1. The van der Waals surface area contributed by atoms with E-state index in [4.69, 9.17) is 4.74 Å². The summed E-state index contributed by atoms with van der Waals surface area (Å²) in [6, 6.07) is 9.98. The van der Waals surface area contributed by atoms with E-state index in [0.717, 1.165) is 54.6 Å².